The summed E-state index contributed by atoms with van der Waals surface area (Å²) in [5.41, 5.74) is 1.28. The molecule has 0 aromatic heterocycles. The van der Waals surface area contributed by atoms with Gasteiger partial charge in [0.25, 0.3) is 0 Å². The molecule has 106 valence electrons. The van der Waals surface area contributed by atoms with Crippen molar-refractivity contribution in [1.29, 1.82) is 0 Å². The highest BCUT2D eigenvalue weighted by molar-refractivity contribution is 9.10. The predicted octanol–water partition coefficient (Wildman–Crippen LogP) is 4.69. The second-order valence-electron chi connectivity index (χ2n) is 5.62. The Morgan fingerprint density at radius 2 is 2.05 bits per heavy atom. The molecule has 19 heavy (non-hydrogen) atoms. The highest BCUT2D eigenvalue weighted by Gasteiger charge is 2.23. The monoisotopic (exact) mass is 325 g/mol. The molecule has 3 unspecified atom stereocenters. The summed E-state index contributed by atoms with van der Waals surface area (Å²) in [6.45, 7) is 4.46. The Bertz CT molecular complexity index is 421. The van der Waals surface area contributed by atoms with E-state index < -0.39 is 0 Å². The Morgan fingerprint density at radius 1 is 1.32 bits per heavy atom. The summed E-state index contributed by atoms with van der Waals surface area (Å²) in [6.07, 6.45) is 5.49. The summed E-state index contributed by atoms with van der Waals surface area (Å²) in [5, 5.41) is 3.25. The highest BCUT2D eigenvalue weighted by Crippen LogP contribution is 2.33. The molecule has 1 aromatic carbocycles. The van der Waals surface area contributed by atoms with Gasteiger partial charge >= 0.3 is 0 Å². The van der Waals surface area contributed by atoms with Gasteiger partial charge in [-0.1, -0.05) is 19.4 Å². The molecule has 0 radical (unpaired) electrons. The molecule has 2 nitrogen and oxygen atoms in total. The molecule has 1 aromatic rings. The van der Waals surface area contributed by atoms with Crippen molar-refractivity contribution in [2.24, 2.45) is 5.92 Å². The lowest BCUT2D eigenvalue weighted by molar-refractivity contribution is 0.102. The lowest BCUT2D eigenvalue weighted by Gasteiger charge is -2.29. The Labute approximate surface area is 125 Å². The molecule has 2 rings (SSSR count). The lowest BCUT2D eigenvalue weighted by atomic mass is 9.88. The SMILES string of the molecule is CNC(C)c1ccc(OC2CCCCC2C)c(Br)c1. The molecule has 3 heteroatoms. The fourth-order valence-corrected chi connectivity index (χ4v) is 3.16. The molecule has 1 aliphatic rings. The van der Waals surface area contributed by atoms with Gasteiger partial charge in [-0.2, -0.15) is 0 Å². The molecule has 0 spiro atoms. The van der Waals surface area contributed by atoms with Gasteiger partial charge in [0, 0.05) is 6.04 Å². The van der Waals surface area contributed by atoms with Gasteiger partial charge in [-0.3, -0.25) is 0 Å². The van der Waals surface area contributed by atoms with Gasteiger partial charge in [0.05, 0.1) is 4.47 Å². The van der Waals surface area contributed by atoms with Gasteiger partial charge in [0.2, 0.25) is 0 Å². The maximum absolute atomic E-state index is 6.20. The minimum Gasteiger partial charge on any atom is -0.489 e. The van der Waals surface area contributed by atoms with Gasteiger partial charge < -0.3 is 10.1 Å². The largest absolute Gasteiger partial charge is 0.489 e. The number of hydrogen-bond acceptors (Lipinski definition) is 2. The first-order valence-electron chi connectivity index (χ1n) is 7.25. The standard InChI is InChI=1S/C16H24BrNO/c1-11-6-4-5-7-15(11)19-16-9-8-13(10-14(16)17)12(2)18-3/h8-12,15,18H,4-7H2,1-3H3. The van der Waals surface area contributed by atoms with Crippen molar-refractivity contribution in [3.8, 4) is 5.75 Å². The van der Waals surface area contributed by atoms with E-state index in [1.165, 1.54) is 31.2 Å². The van der Waals surface area contributed by atoms with Crippen LogP contribution < -0.4 is 10.1 Å². The summed E-state index contributed by atoms with van der Waals surface area (Å²) in [7, 11) is 1.98. The van der Waals surface area contributed by atoms with Gasteiger partial charge in [0.15, 0.2) is 0 Å². The summed E-state index contributed by atoms with van der Waals surface area (Å²) in [6, 6.07) is 6.76. The number of hydrogen-bond donors (Lipinski definition) is 1. The van der Waals surface area contributed by atoms with Crippen LogP contribution in [0.5, 0.6) is 5.75 Å². The summed E-state index contributed by atoms with van der Waals surface area (Å²) < 4.78 is 7.26. The average Bonchev–Trinajstić information content (AvgIpc) is 2.42. The van der Waals surface area contributed by atoms with Crippen LogP contribution >= 0.6 is 15.9 Å². The third-order valence-corrected chi connectivity index (χ3v) is 4.82. The molecule has 1 aliphatic carbocycles. The fourth-order valence-electron chi connectivity index (χ4n) is 2.67. The molecular formula is C16H24BrNO. The van der Waals surface area contributed by atoms with Gasteiger partial charge in [0.1, 0.15) is 11.9 Å². The average molecular weight is 326 g/mol. The van der Waals surface area contributed by atoms with Crippen molar-refractivity contribution < 1.29 is 4.74 Å². The first-order chi connectivity index (χ1) is 9.11. The highest BCUT2D eigenvalue weighted by atomic mass is 79.9. The van der Waals surface area contributed by atoms with E-state index in [0.29, 0.717) is 18.1 Å². The minimum absolute atomic E-state index is 0.360. The van der Waals surface area contributed by atoms with Crippen molar-refractivity contribution >= 4 is 15.9 Å². The third kappa shape index (κ3) is 3.73. The molecule has 0 heterocycles. The van der Waals surface area contributed by atoms with E-state index in [9.17, 15) is 0 Å². The first-order valence-corrected chi connectivity index (χ1v) is 8.04. The molecule has 0 bridgehead atoms. The second kappa shape index (κ2) is 6.76. The van der Waals surface area contributed by atoms with E-state index in [0.717, 1.165) is 10.2 Å². The van der Waals surface area contributed by atoms with Crippen LogP contribution in [0.25, 0.3) is 0 Å². The zero-order valence-electron chi connectivity index (χ0n) is 12.1. The van der Waals surface area contributed by atoms with Crippen molar-refractivity contribution in [3.05, 3.63) is 28.2 Å². The summed E-state index contributed by atoms with van der Waals surface area (Å²) in [5.74, 6) is 1.64. The number of benzene rings is 1. The van der Waals surface area contributed by atoms with Gasteiger partial charge in [-0.05, 0) is 72.8 Å². The van der Waals surface area contributed by atoms with Crippen molar-refractivity contribution in [1.82, 2.24) is 5.32 Å². The first kappa shape index (κ1) is 14.9. The Balaban J connectivity index is 2.08. The molecule has 1 saturated carbocycles. The molecule has 1 fully saturated rings. The number of halogens is 1. The third-order valence-electron chi connectivity index (χ3n) is 4.20. The van der Waals surface area contributed by atoms with E-state index in [4.69, 9.17) is 4.74 Å². The van der Waals surface area contributed by atoms with Crippen LogP contribution in [0.4, 0.5) is 0 Å². The zero-order chi connectivity index (χ0) is 13.8. The van der Waals surface area contributed by atoms with Crippen LogP contribution in [0.2, 0.25) is 0 Å². The van der Waals surface area contributed by atoms with E-state index >= 15 is 0 Å². The van der Waals surface area contributed by atoms with Gasteiger partial charge in [-0.25, -0.2) is 0 Å². The molecule has 0 saturated heterocycles. The molecule has 1 N–H and O–H groups in total. The molecule has 0 aliphatic heterocycles. The summed E-state index contributed by atoms with van der Waals surface area (Å²) in [4.78, 5) is 0. The van der Waals surface area contributed by atoms with Crippen molar-refractivity contribution in [2.75, 3.05) is 7.05 Å². The number of rotatable bonds is 4. The zero-order valence-corrected chi connectivity index (χ0v) is 13.7. The Morgan fingerprint density at radius 3 is 2.68 bits per heavy atom. The maximum Gasteiger partial charge on any atom is 0.133 e. The lowest BCUT2D eigenvalue weighted by Crippen LogP contribution is -2.28. The normalized spacial score (nSPS) is 25.1. The topological polar surface area (TPSA) is 21.3 Å². The fraction of sp³-hybridized carbons (Fsp3) is 0.625. The van der Waals surface area contributed by atoms with Crippen LogP contribution in [-0.2, 0) is 0 Å². The van der Waals surface area contributed by atoms with Crippen LogP contribution in [0.1, 0.15) is 51.1 Å². The quantitative estimate of drug-likeness (QED) is 0.867. The van der Waals surface area contributed by atoms with Crippen molar-refractivity contribution in [2.45, 2.75) is 51.7 Å². The van der Waals surface area contributed by atoms with Crippen LogP contribution in [0, 0.1) is 5.92 Å². The maximum atomic E-state index is 6.20. The molecule has 3 atom stereocenters. The molecule has 0 amide bonds. The van der Waals surface area contributed by atoms with Gasteiger partial charge in [-0.15, -0.1) is 0 Å². The van der Waals surface area contributed by atoms with E-state index in [1.54, 1.807) is 0 Å². The number of nitrogens with one attached hydrogen (secondary N) is 1. The Hall–Kier alpha value is -0.540. The smallest absolute Gasteiger partial charge is 0.133 e. The van der Waals surface area contributed by atoms with E-state index in [1.807, 2.05) is 7.05 Å². The molecular weight excluding hydrogens is 302 g/mol. The minimum atomic E-state index is 0.360. The van der Waals surface area contributed by atoms with E-state index in [2.05, 4.69) is 53.3 Å². The predicted molar refractivity (Wildman–Crippen MR) is 83.7 cm³/mol. The van der Waals surface area contributed by atoms with Crippen molar-refractivity contribution in [3.63, 3.8) is 0 Å². The summed E-state index contributed by atoms with van der Waals surface area (Å²) >= 11 is 3.64. The van der Waals surface area contributed by atoms with E-state index in [-0.39, 0.29) is 0 Å². The number of ether oxygens (including phenoxy) is 1. The van der Waals surface area contributed by atoms with Crippen LogP contribution in [0.15, 0.2) is 22.7 Å². The van der Waals surface area contributed by atoms with Crippen LogP contribution in [-0.4, -0.2) is 13.2 Å². The Kier molecular flexibility index (Phi) is 5.28. The van der Waals surface area contributed by atoms with Crippen LogP contribution in [0.3, 0.4) is 0 Å². The second-order valence-corrected chi connectivity index (χ2v) is 6.47.